The molecular weight excluding hydrogens is 410 g/mol. The summed E-state index contributed by atoms with van der Waals surface area (Å²) in [5.74, 6) is -0.0269. The fourth-order valence-corrected chi connectivity index (χ4v) is 4.54. The van der Waals surface area contributed by atoms with E-state index >= 15 is 0 Å². The molecule has 1 N–H and O–H groups in total. The number of piperidine rings is 1. The lowest BCUT2D eigenvalue weighted by molar-refractivity contribution is 0.0692. The lowest BCUT2D eigenvalue weighted by atomic mass is 10.0. The van der Waals surface area contributed by atoms with Gasteiger partial charge in [-0.15, -0.1) is 0 Å². The Morgan fingerprint density at radius 1 is 1.00 bits per heavy atom. The SMILES string of the molecule is O=C(c1ccc(N2CCOCC2)cc1)N1CCC(n2c(=O)[nH]c3ncccc3c2=O)CC1. The van der Waals surface area contributed by atoms with Crippen molar-refractivity contribution in [2.75, 3.05) is 44.3 Å². The number of nitrogens with zero attached hydrogens (tertiary/aromatic N) is 4. The first kappa shape index (κ1) is 20.4. The summed E-state index contributed by atoms with van der Waals surface area (Å²) in [5, 5.41) is 0.394. The average Bonchev–Trinajstić information content (AvgIpc) is 2.85. The van der Waals surface area contributed by atoms with E-state index in [0.717, 1.165) is 32.0 Å². The molecule has 1 aromatic carbocycles. The van der Waals surface area contributed by atoms with Gasteiger partial charge in [-0.3, -0.25) is 19.1 Å². The zero-order chi connectivity index (χ0) is 22.1. The number of aromatic amines is 1. The first-order valence-corrected chi connectivity index (χ1v) is 10.9. The molecule has 2 fully saturated rings. The number of carbonyl (C=O) groups excluding carboxylic acids is 1. The standard InChI is InChI=1S/C23H25N5O4/c29-21(16-3-5-17(6-4-16)26-12-14-32-15-13-26)27-10-7-18(8-11-27)28-22(30)19-2-1-9-24-20(19)25-23(28)31/h1-6,9,18H,7-8,10-15H2,(H,24,25,31). The number of aromatic nitrogens is 3. The van der Waals surface area contributed by atoms with Gasteiger partial charge < -0.3 is 14.5 Å². The van der Waals surface area contributed by atoms with Crippen LogP contribution < -0.4 is 16.1 Å². The summed E-state index contributed by atoms with van der Waals surface area (Å²) in [6.45, 7) is 4.12. The van der Waals surface area contributed by atoms with Crippen LogP contribution in [0, 0.1) is 0 Å². The molecule has 0 atom stereocenters. The Hall–Kier alpha value is -3.46. The van der Waals surface area contributed by atoms with E-state index < -0.39 is 5.69 Å². The van der Waals surface area contributed by atoms with Gasteiger partial charge >= 0.3 is 5.69 Å². The van der Waals surface area contributed by atoms with E-state index in [1.807, 2.05) is 24.3 Å². The lowest BCUT2D eigenvalue weighted by Gasteiger charge is -2.33. The number of rotatable bonds is 3. The van der Waals surface area contributed by atoms with Gasteiger partial charge in [0.1, 0.15) is 5.65 Å². The molecule has 166 valence electrons. The van der Waals surface area contributed by atoms with E-state index in [1.165, 1.54) is 4.57 Å². The Bertz CT molecular complexity index is 1240. The zero-order valence-corrected chi connectivity index (χ0v) is 17.7. The summed E-state index contributed by atoms with van der Waals surface area (Å²) < 4.78 is 6.67. The third-order valence-electron chi connectivity index (χ3n) is 6.31. The van der Waals surface area contributed by atoms with E-state index in [0.29, 0.717) is 42.5 Å². The Balaban J connectivity index is 1.28. The first-order chi connectivity index (χ1) is 15.6. The number of hydrogen-bond donors (Lipinski definition) is 1. The van der Waals surface area contributed by atoms with Crippen LogP contribution in [-0.4, -0.2) is 64.7 Å². The lowest BCUT2D eigenvalue weighted by Crippen LogP contribution is -2.45. The number of anilines is 1. The van der Waals surface area contributed by atoms with Crippen LogP contribution in [0.3, 0.4) is 0 Å². The molecule has 4 heterocycles. The number of nitrogens with one attached hydrogen (secondary N) is 1. The smallest absolute Gasteiger partial charge is 0.330 e. The Kier molecular flexibility index (Phi) is 5.48. The molecule has 0 bridgehead atoms. The van der Waals surface area contributed by atoms with Gasteiger partial charge in [0.2, 0.25) is 0 Å². The van der Waals surface area contributed by atoms with Crippen LogP contribution in [0.2, 0.25) is 0 Å². The largest absolute Gasteiger partial charge is 0.378 e. The summed E-state index contributed by atoms with van der Waals surface area (Å²) in [4.78, 5) is 49.2. The molecule has 9 heteroatoms. The van der Waals surface area contributed by atoms with Gasteiger partial charge in [-0.1, -0.05) is 0 Å². The van der Waals surface area contributed by atoms with Gasteiger partial charge in [0.05, 0.1) is 18.6 Å². The predicted octanol–water partition coefficient (Wildman–Crippen LogP) is 1.40. The number of likely N-dealkylation sites (tertiary alicyclic amines) is 1. The van der Waals surface area contributed by atoms with E-state index in [2.05, 4.69) is 14.9 Å². The average molecular weight is 435 g/mol. The summed E-state index contributed by atoms with van der Waals surface area (Å²) in [6.07, 6.45) is 2.64. The van der Waals surface area contributed by atoms with Crippen molar-refractivity contribution in [3.8, 4) is 0 Å². The molecule has 5 rings (SSSR count). The van der Waals surface area contributed by atoms with Gasteiger partial charge in [-0.05, 0) is 49.2 Å². The highest BCUT2D eigenvalue weighted by atomic mass is 16.5. The Labute approximate surface area is 184 Å². The zero-order valence-electron chi connectivity index (χ0n) is 17.7. The summed E-state index contributed by atoms with van der Waals surface area (Å²) in [6, 6.07) is 10.8. The minimum absolute atomic E-state index is 0.0269. The first-order valence-electron chi connectivity index (χ1n) is 10.9. The third kappa shape index (κ3) is 3.80. The van der Waals surface area contributed by atoms with Gasteiger partial charge in [0.25, 0.3) is 11.5 Å². The van der Waals surface area contributed by atoms with Gasteiger partial charge in [0, 0.05) is 49.7 Å². The number of pyridine rings is 1. The molecule has 2 aliphatic heterocycles. The molecule has 0 spiro atoms. The Morgan fingerprint density at radius 2 is 1.72 bits per heavy atom. The molecule has 2 aliphatic rings. The maximum Gasteiger partial charge on any atom is 0.330 e. The van der Waals surface area contributed by atoms with Crippen molar-refractivity contribution in [1.82, 2.24) is 19.4 Å². The Morgan fingerprint density at radius 3 is 2.44 bits per heavy atom. The number of amides is 1. The molecule has 0 aliphatic carbocycles. The number of hydrogen-bond acceptors (Lipinski definition) is 6. The second-order valence-corrected chi connectivity index (χ2v) is 8.17. The predicted molar refractivity (Wildman–Crippen MR) is 120 cm³/mol. The summed E-state index contributed by atoms with van der Waals surface area (Å²) >= 11 is 0. The van der Waals surface area contributed by atoms with Crippen molar-refractivity contribution in [2.45, 2.75) is 18.9 Å². The van der Waals surface area contributed by atoms with Crippen molar-refractivity contribution in [3.63, 3.8) is 0 Å². The number of morpholine rings is 1. The third-order valence-corrected chi connectivity index (χ3v) is 6.31. The van der Waals surface area contributed by atoms with Crippen molar-refractivity contribution < 1.29 is 9.53 Å². The maximum absolute atomic E-state index is 13.0. The highest BCUT2D eigenvalue weighted by molar-refractivity contribution is 5.94. The molecule has 0 radical (unpaired) electrons. The molecule has 0 saturated carbocycles. The van der Waals surface area contributed by atoms with Crippen LogP contribution in [0.15, 0.2) is 52.2 Å². The molecular formula is C23H25N5O4. The number of ether oxygens (including phenoxy) is 1. The van der Waals surface area contributed by atoms with E-state index in [9.17, 15) is 14.4 Å². The van der Waals surface area contributed by atoms with Gasteiger partial charge in [0.15, 0.2) is 0 Å². The minimum Gasteiger partial charge on any atom is -0.378 e. The van der Waals surface area contributed by atoms with Crippen LogP contribution in [0.5, 0.6) is 0 Å². The monoisotopic (exact) mass is 435 g/mol. The van der Waals surface area contributed by atoms with Crippen LogP contribution in [0.25, 0.3) is 11.0 Å². The van der Waals surface area contributed by atoms with E-state index in [-0.39, 0.29) is 17.5 Å². The van der Waals surface area contributed by atoms with E-state index in [1.54, 1.807) is 23.2 Å². The van der Waals surface area contributed by atoms with Crippen LogP contribution in [-0.2, 0) is 4.74 Å². The van der Waals surface area contributed by atoms with Crippen molar-refractivity contribution in [1.29, 1.82) is 0 Å². The maximum atomic E-state index is 13.0. The van der Waals surface area contributed by atoms with Crippen molar-refractivity contribution in [3.05, 3.63) is 69.0 Å². The van der Waals surface area contributed by atoms with Crippen LogP contribution >= 0.6 is 0 Å². The number of H-pyrrole nitrogens is 1. The second kappa shape index (κ2) is 8.58. The van der Waals surface area contributed by atoms with Crippen LogP contribution in [0.4, 0.5) is 5.69 Å². The number of fused-ring (bicyclic) bond motifs is 1. The number of benzene rings is 1. The molecule has 32 heavy (non-hydrogen) atoms. The van der Waals surface area contributed by atoms with E-state index in [4.69, 9.17) is 4.74 Å². The fourth-order valence-electron chi connectivity index (χ4n) is 4.54. The highest BCUT2D eigenvalue weighted by Gasteiger charge is 2.27. The quantitative estimate of drug-likeness (QED) is 0.668. The molecule has 9 nitrogen and oxygen atoms in total. The molecule has 0 unspecified atom stereocenters. The molecule has 3 aromatic rings. The minimum atomic E-state index is -0.454. The highest BCUT2D eigenvalue weighted by Crippen LogP contribution is 2.23. The molecule has 1 amide bonds. The normalized spacial score (nSPS) is 17.6. The molecule has 2 aromatic heterocycles. The second-order valence-electron chi connectivity index (χ2n) is 8.17. The van der Waals surface area contributed by atoms with Crippen molar-refractivity contribution in [2.24, 2.45) is 0 Å². The topological polar surface area (TPSA) is 101 Å². The van der Waals surface area contributed by atoms with Gasteiger partial charge in [-0.2, -0.15) is 0 Å². The van der Waals surface area contributed by atoms with Gasteiger partial charge in [-0.25, -0.2) is 9.78 Å². The number of carbonyl (C=O) groups is 1. The fraction of sp³-hybridized carbons (Fsp3) is 0.391. The molecule has 2 saturated heterocycles. The van der Waals surface area contributed by atoms with Crippen molar-refractivity contribution >= 4 is 22.6 Å². The van der Waals surface area contributed by atoms with Crippen LogP contribution in [0.1, 0.15) is 29.2 Å². The summed E-state index contributed by atoms with van der Waals surface area (Å²) in [5.41, 5.74) is 1.25. The summed E-state index contributed by atoms with van der Waals surface area (Å²) in [7, 11) is 0.